The van der Waals surface area contributed by atoms with Gasteiger partial charge in [0.15, 0.2) is 0 Å². The quantitative estimate of drug-likeness (QED) is 0.450. The summed E-state index contributed by atoms with van der Waals surface area (Å²) < 4.78 is 33.4. The van der Waals surface area contributed by atoms with Gasteiger partial charge in [0.2, 0.25) is 0 Å². The molecule has 0 fully saturated rings. The van der Waals surface area contributed by atoms with Crippen LogP contribution in [0.3, 0.4) is 0 Å². The minimum absolute atomic E-state index is 0. The number of aromatic nitrogens is 2. The predicted octanol–water partition coefficient (Wildman–Crippen LogP) is 4.21. The van der Waals surface area contributed by atoms with Crippen molar-refractivity contribution in [1.82, 2.24) is 15.1 Å². The van der Waals surface area contributed by atoms with E-state index in [1.807, 2.05) is 7.05 Å². The van der Waals surface area contributed by atoms with Gasteiger partial charge in [0.25, 0.3) is 5.56 Å². The zero-order chi connectivity index (χ0) is 22.9. The Morgan fingerprint density at radius 2 is 1.82 bits per heavy atom. The third-order valence-electron chi connectivity index (χ3n) is 4.58. The first-order valence-corrected chi connectivity index (χ1v) is 10.2. The summed E-state index contributed by atoms with van der Waals surface area (Å²) in [7, 11) is 1.86. The molecule has 2 aromatic carbocycles. The van der Waals surface area contributed by atoms with Gasteiger partial charge in [0.05, 0.1) is 18.8 Å². The Morgan fingerprint density at radius 1 is 1.06 bits per heavy atom. The number of halogens is 3. The lowest BCUT2D eigenvalue weighted by molar-refractivity contribution is 0.159. The molecule has 10 heteroatoms. The van der Waals surface area contributed by atoms with Crippen molar-refractivity contribution in [2.75, 3.05) is 25.5 Å². The van der Waals surface area contributed by atoms with E-state index in [1.165, 1.54) is 16.8 Å². The van der Waals surface area contributed by atoms with Gasteiger partial charge in [-0.25, -0.2) is 18.3 Å². The van der Waals surface area contributed by atoms with Crippen LogP contribution >= 0.6 is 12.4 Å². The predicted molar refractivity (Wildman–Crippen MR) is 125 cm³/mol. The van der Waals surface area contributed by atoms with Crippen LogP contribution in [0.25, 0.3) is 11.3 Å². The first-order chi connectivity index (χ1) is 15.4. The molecule has 3 rings (SSSR count). The summed E-state index contributed by atoms with van der Waals surface area (Å²) >= 11 is 0. The van der Waals surface area contributed by atoms with Crippen molar-refractivity contribution in [2.24, 2.45) is 0 Å². The van der Waals surface area contributed by atoms with Crippen LogP contribution < -0.4 is 16.2 Å². The van der Waals surface area contributed by atoms with Crippen molar-refractivity contribution in [2.45, 2.75) is 19.4 Å². The third-order valence-corrected chi connectivity index (χ3v) is 4.58. The van der Waals surface area contributed by atoms with Crippen molar-refractivity contribution in [3.05, 3.63) is 82.1 Å². The number of carbonyl (C=O) groups is 1. The molecule has 1 heterocycles. The smallest absolute Gasteiger partial charge is 0.411 e. The van der Waals surface area contributed by atoms with E-state index in [9.17, 15) is 18.4 Å². The fraction of sp³-hybridized carbons (Fsp3) is 0.261. The SMILES string of the molecule is CNCCCCOC(=O)Nc1cccc(Cn2nc(-c3cc(F)cc(F)c3)ccc2=O)c1.Cl. The molecule has 7 nitrogen and oxygen atoms in total. The summed E-state index contributed by atoms with van der Waals surface area (Å²) in [5.74, 6) is -1.46. The Labute approximate surface area is 196 Å². The number of nitrogens with zero attached hydrogens (tertiary/aromatic N) is 2. The van der Waals surface area contributed by atoms with E-state index in [1.54, 1.807) is 24.3 Å². The van der Waals surface area contributed by atoms with Crippen molar-refractivity contribution in [3.8, 4) is 11.3 Å². The molecule has 0 aliphatic carbocycles. The topological polar surface area (TPSA) is 85.2 Å². The fourth-order valence-electron chi connectivity index (χ4n) is 3.06. The minimum atomic E-state index is -0.729. The summed E-state index contributed by atoms with van der Waals surface area (Å²) in [4.78, 5) is 24.2. The number of unbranched alkanes of at least 4 members (excludes halogenated alkanes) is 1. The highest BCUT2D eigenvalue weighted by atomic mass is 35.5. The Hall–Kier alpha value is -3.30. The Balaban J connectivity index is 0.00000385. The maximum atomic E-state index is 13.5. The molecular weight excluding hydrogens is 454 g/mol. The number of rotatable bonds is 9. The molecule has 176 valence electrons. The van der Waals surface area contributed by atoms with E-state index in [0.29, 0.717) is 17.9 Å². The molecule has 0 saturated carbocycles. The van der Waals surface area contributed by atoms with Crippen LogP contribution in [-0.2, 0) is 11.3 Å². The lowest BCUT2D eigenvalue weighted by Gasteiger charge is -2.10. The zero-order valence-corrected chi connectivity index (χ0v) is 18.8. The summed E-state index contributed by atoms with van der Waals surface area (Å²) in [6.45, 7) is 1.29. The highest BCUT2D eigenvalue weighted by Crippen LogP contribution is 2.19. The fourth-order valence-corrected chi connectivity index (χ4v) is 3.06. The molecule has 0 aliphatic rings. The van der Waals surface area contributed by atoms with Gasteiger partial charge in [-0.1, -0.05) is 12.1 Å². The lowest BCUT2D eigenvalue weighted by Crippen LogP contribution is -2.23. The van der Waals surface area contributed by atoms with Gasteiger partial charge >= 0.3 is 6.09 Å². The Kier molecular flexibility index (Phi) is 9.96. The lowest BCUT2D eigenvalue weighted by atomic mass is 10.1. The molecule has 1 aromatic heterocycles. The van der Waals surface area contributed by atoms with Crippen LogP contribution in [0.1, 0.15) is 18.4 Å². The minimum Gasteiger partial charge on any atom is -0.449 e. The maximum absolute atomic E-state index is 13.5. The van der Waals surface area contributed by atoms with E-state index in [4.69, 9.17) is 4.74 Å². The summed E-state index contributed by atoms with van der Waals surface area (Å²) in [5, 5.41) is 9.91. The molecule has 0 bridgehead atoms. The molecule has 0 aliphatic heterocycles. The van der Waals surface area contributed by atoms with Crippen LogP contribution in [0.5, 0.6) is 0 Å². The first-order valence-electron chi connectivity index (χ1n) is 10.2. The van der Waals surface area contributed by atoms with E-state index >= 15 is 0 Å². The standard InChI is InChI=1S/C23H24F2N4O3.ClH/c1-26-9-2-3-10-32-23(31)27-20-6-4-5-16(11-20)15-29-22(30)8-7-21(28-29)17-12-18(24)14-19(25)13-17;/h4-8,11-14,26H,2-3,9-10,15H2,1H3,(H,27,31);1H. The van der Waals surface area contributed by atoms with Crippen LogP contribution in [0.2, 0.25) is 0 Å². The van der Waals surface area contributed by atoms with Gasteiger partial charge in [-0.05, 0) is 62.3 Å². The van der Waals surface area contributed by atoms with Crippen LogP contribution in [-0.4, -0.2) is 36.1 Å². The molecule has 2 N–H and O–H groups in total. The van der Waals surface area contributed by atoms with Gasteiger partial charge in [-0.3, -0.25) is 10.1 Å². The summed E-state index contributed by atoms with van der Waals surface area (Å²) in [6.07, 6.45) is 1.11. The van der Waals surface area contributed by atoms with E-state index in [-0.39, 0.29) is 35.8 Å². The van der Waals surface area contributed by atoms with Crippen molar-refractivity contribution in [1.29, 1.82) is 0 Å². The third kappa shape index (κ3) is 7.96. The summed E-state index contributed by atoms with van der Waals surface area (Å²) in [5.41, 5.74) is 1.33. The number of carbonyl (C=O) groups excluding carboxylic acids is 1. The number of hydrogen-bond acceptors (Lipinski definition) is 5. The van der Waals surface area contributed by atoms with Gasteiger partial charge in [0, 0.05) is 23.4 Å². The normalized spacial score (nSPS) is 10.4. The van der Waals surface area contributed by atoms with Gasteiger partial charge < -0.3 is 10.1 Å². The number of amides is 1. The molecule has 3 aromatic rings. The molecule has 0 unspecified atom stereocenters. The molecule has 0 atom stereocenters. The summed E-state index contributed by atoms with van der Waals surface area (Å²) in [6, 6.07) is 12.7. The molecule has 0 spiro atoms. The Bertz CT molecular complexity index is 1120. The van der Waals surface area contributed by atoms with Crippen molar-refractivity contribution in [3.63, 3.8) is 0 Å². The van der Waals surface area contributed by atoms with E-state index in [2.05, 4.69) is 15.7 Å². The second-order valence-corrected chi connectivity index (χ2v) is 7.14. The van der Waals surface area contributed by atoms with Crippen LogP contribution in [0.15, 0.2) is 59.4 Å². The van der Waals surface area contributed by atoms with Gasteiger partial charge in [-0.15, -0.1) is 12.4 Å². The number of nitrogens with one attached hydrogen (secondary N) is 2. The van der Waals surface area contributed by atoms with Crippen molar-refractivity contribution >= 4 is 24.2 Å². The number of ether oxygens (including phenoxy) is 1. The largest absolute Gasteiger partial charge is 0.449 e. The Morgan fingerprint density at radius 3 is 2.55 bits per heavy atom. The molecule has 0 radical (unpaired) electrons. The first kappa shape index (κ1) is 26.0. The zero-order valence-electron chi connectivity index (χ0n) is 18.0. The number of hydrogen-bond donors (Lipinski definition) is 2. The highest BCUT2D eigenvalue weighted by molar-refractivity contribution is 5.85. The van der Waals surface area contributed by atoms with Crippen LogP contribution in [0.4, 0.5) is 19.3 Å². The highest BCUT2D eigenvalue weighted by Gasteiger charge is 2.09. The van der Waals surface area contributed by atoms with Crippen molar-refractivity contribution < 1.29 is 18.3 Å². The monoisotopic (exact) mass is 478 g/mol. The average Bonchev–Trinajstić information content (AvgIpc) is 2.75. The maximum Gasteiger partial charge on any atom is 0.411 e. The number of anilines is 1. The second-order valence-electron chi connectivity index (χ2n) is 7.14. The van der Waals surface area contributed by atoms with Crippen LogP contribution in [0, 0.1) is 11.6 Å². The molecule has 1 amide bonds. The average molecular weight is 479 g/mol. The van der Waals surface area contributed by atoms with E-state index in [0.717, 1.165) is 37.6 Å². The van der Waals surface area contributed by atoms with Gasteiger partial charge in [0.1, 0.15) is 11.6 Å². The molecule has 0 saturated heterocycles. The van der Waals surface area contributed by atoms with E-state index < -0.39 is 17.7 Å². The molecule has 33 heavy (non-hydrogen) atoms. The second kappa shape index (κ2) is 12.7. The molecular formula is C23H25ClF2N4O3. The van der Waals surface area contributed by atoms with Gasteiger partial charge in [-0.2, -0.15) is 5.10 Å². The number of benzene rings is 2.